The summed E-state index contributed by atoms with van der Waals surface area (Å²) in [4.78, 5) is 0. The van der Waals surface area contributed by atoms with Crippen LogP contribution in [0, 0.1) is 11.7 Å². The van der Waals surface area contributed by atoms with Crippen LogP contribution in [0.2, 0.25) is 5.02 Å². The van der Waals surface area contributed by atoms with Gasteiger partial charge in [-0.05, 0) is 36.6 Å². The molecule has 6 heteroatoms. The van der Waals surface area contributed by atoms with Gasteiger partial charge >= 0.3 is 6.18 Å². The minimum absolute atomic E-state index is 0.00822. The first-order valence-electron chi connectivity index (χ1n) is 5.49. The highest BCUT2D eigenvalue weighted by atomic mass is 35.5. The standard InChI is InChI=1S/C12H14ClF4N/c1-8(6-18-7-12(15,16)17)4-9-2-3-11(14)10(13)5-9/h2-3,5,8,18H,4,6-7H2,1H3. The summed E-state index contributed by atoms with van der Waals surface area (Å²) >= 11 is 5.62. The molecule has 1 rings (SSSR count). The Morgan fingerprint density at radius 1 is 1.33 bits per heavy atom. The molecule has 0 aliphatic carbocycles. The predicted octanol–water partition coefficient (Wildman–Crippen LogP) is 3.81. The van der Waals surface area contributed by atoms with Crippen molar-refractivity contribution >= 4 is 11.6 Å². The van der Waals surface area contributed by atoms with Gasteiger partial charge in [-0.2, -0.15) is 13.2 Å². The number of rotatable bonds is 5. The molecule has 0 radical (unpaired) electrons. The van der Waals surface area contributed by atoms with Crippen LogP contribution in [0.1, 0.15) is 12.5 Å². The number of alkyl halides is 3. The zero-order chi connectivity index (χ0) is 13.8. The number of nitrogens with one attached hydrogen (secondary N) is 1. The fourth-order valence-electron chi connectivity index (χ4n) is 1.60. The van der Waals surface area contributed by atoms with Gasteiger partial charge in [-0.15, -0.1) is 0 Å². The van der Waals surface area contributed by atoms with E-state index >= 15 is 0 Å². The Kier molecular flexibility index (Phi) is 5.41. The van der Waals surface area contributed by atoms with Crippen molar-refractivity contribution < 1.29 is 17.6 Å². The van der Waals surface area contributed by atoms with E-state index in [1.165, 1.54) is 12.1 Å². The SMILES string of the molecule is CC(CNCC(F)(F)F)Cc1ccc(F)c(Cl)c1. The molecule has 102 valence electrons. The van der Waals surface area contributed by atoms with Crippen LogP contribution >= 0.6 is 11.6 Å². The van der Waals surface area contributed by atoms with Gasteiger partial charge in [0.25, 0.3) is 0 Å². The van der Waals surface area contributed by atoms with Crippen LogP contribution in [-0.2, 0) is 6.42 Å². The van der Waals surface area contributed by atoms with E-state index in [0.717, 1.165) is 5.56 Å². The second-order valence-electron chi connectivity index (χ2n) is 4.30. The molecule has 0 aliphatic rings. The van der Waals surface area contributed by atoms with Crippen LogP contribution in [0.5, 0.6) is 0 Å². The summed E-state index contributed by atoms with van der Waals surface area (Å²) < 4.78 is 48.6. The molecule has 1 nitrogen and oxygen atoms in total. The van der Waals surface area contributed by atoms with E-state index in [1.807, 2.05) is 6.92 Å². The van der Waals surface area contributed by atoms with Crippen molar-refractivity contribution in [3.8, 4) is 0 Å². The smallest absolute Gasteiger partial charge is 0.308 e. The summed E-state index contributed by atoms with van der Waals surface area (Å²) in [6, 6.07) is 4.34. The molecule has 0 aromatic heterocycles. The van der Waals surface area contributed by atoms with Gasteiger partial charge in [0, 0.05) is 0 Å². The molecule has 1 unspecified atom stereocenters. The normalized spacial score (nSPS) is 13.7. The third-order valence-corrected chi connectivity index (χ3v) is 2.68. The molecule has 0 heterocycles. The highest BCUT2D eigenvalue weighted by molar-refractivity contribution is 6.30. The van der Waals surface area contributed by atoms with Crippen LogP contribution in [0.15, 0.2) is 18.2 Å². The average molecular weight is 284 g/mol. The van der Waals surface area contributed by atoms with Gasteiger partial charge in [0.05, 0.1) is 11.6 Å². The highest BCUT2D eigenvalue weighted by Gasteiger charge is 2.26. The van der Waals surface area contributed by atoms with Crippen molar-refractivity contribution in [1.29, 1.82) is 0 Å². The molecule has 0 aliphatic heterocycles. The van der Waals surface area contributed by atoms with E-state index in [4.69, 9.17) is 11.6 Å². The molecule has 1 N–H and O–H groups in total. The Labute approximate surface area is 108 Å². The summed E-state index contributed by atoms with van der Waals surface area (Å²) in [5, 5.41) is 2.37. The van der Waals surface area contributed by atoms with Gasteiger partial charge in [0.15, 0.2) is 0 Å². The highest BCUT2D eigenvalue weighted by Crippen LogP contribution is 2.18. The number of halogens is 5. The summed E-state index contributed by atoms with van der Waals surface area (Å²) in [7, 11) is 0. The Bertz CT molecular complexity index is 392. The molecule has 0 fully saturated rings. The summed E-state index contributed by atoms with van der Waals surface area (Å²) in [6.45, 7) is 1.07. The predicted molar refractivity (Wildman–Crippen MR) is 63.2 cm³/mol. The molecular weight excluding hydrogens is 270 g/mol. The lowest BCUT2D eigenvalue weighted by Gasteiger charge is -2.14. The molecule has 0 bridgehead atoms. The van der Waals surface area contributed by atoms with E-state index in [1.54, 1.807) is 6.07 Å². The molecule has 0 spiro atoms. The van der Waals surface area contributed by atoms with E-state index in [-0.39, 0.29) is 17.5 Å². The first-order valence-corrected chi connectivity index (χ1v) is 5.87. The Morgan fingerprint density at radius 3 is 2.56 bits per heavy atom. The quantitative estimate of drug-likeness (QED) is 0.810. The Morgan fingerprint density at radius 2 is 2.00 bits per heavy atom. The first kappa shape index (κ1) is 15.2. The second kappa shape index (κ2) is 6.38. The van der Waals surface area contributed by atoms with Crippen molar-refractivity contribution in [3.05, 3.63) is 34.6 Å². The van der Waals surface area contributed by atoms with Gasteiger partial charge in [-0.25, -0.2) is 4.39 Å². The zero-order valence-electron chi connectivity index (χ0n) is 9.82. The monoisotopic (exact) mass is 283 g/mol. The topological polar surface area (TPSA) is 12.0 Å². The van der Waals surface area contributed by atoms with Crippen LogP contribution in [-0.4, -0.2) is 19.3 Å². The minimum atomic E-state index is -4.20. The number of hydrogen-bond acceptors (Lipinski definition) is 1. The lowest BCUT2D eigenvalue weighted by molar-refractivity contribution is -0.125. The van der Waals surface area contributed by atoms with Crippen LogP contribution < -0.4 is 5.32 Å². The summed E-state index contributed by atoms with van der Waals surface area (Å²) in [5.41, 5.74) is 0.808. The lowest BCUT2D eigenvalue weighted by atomic mass is 10.0. The van der Waals surface area contributed by atoms with E-state index in [2.05, 4.69) is 5.32 Å². The maximum absolute atomic E-state index is 12.9. The average Bonchev–Trinajstić information content (AvgIpc) is 2.21. The largest absolute Gasteiger partial charge is 0.401 e. The van der Waals surface area contributed by atoms with E-state index in [9.17, 15) is 17.6 Å². The minimum Gasteiger partial charge on any atom is -0.308 e. The van der Waals surface area contributed by atoms with Crippen molar-refractivity contribution in [2.24, 2.45) is 5.92 Å². The fourth-order valence-corrected chi connectivity index (χ4v) is 1.80. The number of hydrogen-bond donors (Lipinski definition) is 1. The van der Waals surface area contributed by atoms with Gasteiger partial charge in [0.2, 0.25) is 0 Å². The third-order valence-electron chi connectivity index (χ3n) is 2.39. The van der Waals surface area contributed by atoms with Crippen molar-refractivity contribution in [2.75, 3.05) is 13.1 Å². The molecule has 0 saturated heterocycles. The van der Waals surface area contributed by atoms with E-state index < -0.39 is 18.5 Å². The van der Waals surface area contributed by atoms with Gasteiger partial charge < -0.3 is 5.32 Å². The van der Waals surface area contributed by atoms with Gasteiger partial charge in [0.1, 0.15) is 5.82 Å². The van der Waals surface area contributed by atoms with Crippen molar-refractivity contribution in [1.82, 2.24) is 5.32 Å². The zero-order valence-corrected chi connectivity index (χ0v) is 10.6. The molecule has 18 heavy (non-hydrogen) atoms. The van der Waals surface area contributed by atoms with E-state index in [0.29, 0.717) is 6.42 Å². The first-order chi connectivity index (χ1) is 8.28. The van der Waals surface area contributed by atoms with Crippen LogP contribution in [0.3, 0.4) is 0 Å². The second-order valence-corrected chi connectivity index (χ2v) is 4.71. The van der Waals surface area contributed by atoms with Crippen LogP contribution in [0.25, 0.3) is 0 Å². The lowest BCUT2D eigenvalue weighted by Crippen LogP contribution is -2.32. The molecular formula is C12H14ClF4N. The molecule has 1 aromatic rings. The van der Waals surface area contributed by atoms with Gasteiger partial charge in [-0.1, -0.05) is 24.6 Å². The van der Waals surface area contributed by atoms with Crippen molar-refractivity contribution in [2.45, 2.75) is 19.5 Å². The summed E-state index contributed by atoms with van der Waals surface area (Å²) in [5.74, 6) is -0.489. The third kappa shape index (κ3) is 5.69. The molecule has 0 saturated carbocycles. The molecule has 0 amide bonds. The molecule has 1 atom stereocenters. The summed E-state index contributed by atoms with van der Waals surface area (Å²) in [6.07, 6.45) is -3.65. The Balaban J connectivity index is 2.40. The van der Waals surface area contributed by atoms with Gasteiger partial charge in [-0.3, -0.25) is 0 Å². The Hall–Kier alpha value is -0.810. The number of benzene rings is 1. The maximum atomic E-state index is 12.9. The molecule has 1 aromatic carbocycles. The van der Waals surface area contributed by atoms with Crippen LogP contribution in [0.4, 0.5) is 17.6 Å². The van der Waals surface area contributed by atoms with Crippen molar-refractivity contribution in [3.63, 3.8) is 0 Å². The fraction of sp³-hybridized carbons (Fsp3) is 0.500. The maximum Gasteiger partial charge on any atom is 0.401 e.